The van der Waals surface area contributed by atoms with Crippen molar-refractivity contribution in [3.05, 3.63) is 98.2 Å². The Kier molecular flexibility index (Phi) is 8.81. The molecule has 192 valence electrons. The summed E-state index contributed by atoms with van der Waals surface area (Å²) in [7, 11) is 2.09. The molecule has 3 heterocycles. The van der Waals surface area contributed by atoms with Gasteiger partial charge in [-0.2, -0.15) is 5.10 Å². The first kappa shape index (κ1) is 26.2. The van der Waals surface area contributed by atoms with E-state index in [0.29, 0.717) is 23.8 Å². The molecular weight excluding hydrogens is 486 g/mol. The molecule has 37 heavy (non-hydrogen) atoms. The first-order valence-corrected chi connectivity index (χ1v) is 13.0. The van der Waals surface area contributed by atoms with E-state index in [1.807, 2.05) is 24.3 Å². The summed E-state index contributed by atoms with van der Waals surface area (Å²) >= 11 is 1.24. The van der Waals surface area contributed by atoms with Gasteiger partial charge in [0, 0.05) is 29.3 Å². The number of amides is 1. The van der Waals surface area contributed by atoms with Gasteiger partial charge in [0.25, 0.3) is 0 Å². The molecule has 8 nitrogen and oxygen atoms in total. The number of nitrogens with two attached hydrogens (primary N) is 1. The Morgan fingerprint density at radius 1 is 1.16 bits per heavy atom. The number of nitrogens with one attached hydrogen (secondary N) is 1. The SMILES string of the molecule is CCc1cc(COc2ccc(C(N)=O)cc2)cc(-c2ccccc2)n1.CN1CC[C@@H](c2n[nH]c(=O)s2)C1. The molecule has 2 aromatic heterocycles. The van der Waals surface area contributed by atoms with Crippen molar-refractivity contribution in [3.63, 3.8) is 0 Å². The quantitative estimate of drug-likeness (QED) is 0.379. The van der Waals surface area contributed by atoms with Crippen molar-refractivity contribution in [2.24, 2.45) is 5.73 Å². The van der Waals surface area contributed by atoms with E-state index in [1.165, 1.54) is 11.3 Å². The molecular formula is C28H31N5O3S. The standard InChI is InChI=1S/C21H20N2O2.C7H11N3OS/c1-2-18-12-15(13-20(23-18)16-6-4-3-5-7-16)14-25-19-10-8-17(9-11-19)21(22)24;1-10-3-2-5(4-10)6-8-9-7(11)12-6/h3-13H,2,14H2,1H3,(H2,22,24);5H,2-4H2,1H3,(H,9,11)/t;5-/m.1/s1. The number of carbonyl (C=O) groups is 1. The number of aromatic nitrogens is 3. The van der Waals surface area contributed by atoms with Crippen LogP contribution >= 0.6 is 11.3 Å². The number of ether oxygens (including phenoxy) is 1. The van der Waals surface area contributed by atoms with Crippen LogP contribution in [0.1, 0.15) is 45.9 Å². The van der Waals surface area contributed by atoms with Crippen molar-refractivity contribution in [2.75, 3.05) is 20.1 Å². The number of rotatable bonds is 7. The maximum absolute atomic E-state index is 11.1. The van der Waals surface area contributed by atoms with Crippen LogP contribution in [0.15, 0.2) is 71.5 Å². The molecule has 1 amide bonds. The minimum atomic E-state index is -0.444. The summed E-state index contributed by atoms with van der Waals surface area (Å²) in [5.74, 6) is 0.723. The average Bonchev–Trinajstić information content (AvgIpc) is 3.56. The molecule has 5 rings (SSSR count). The van der Waals surface area contributed by atoms with Crippen LogP contribution < -0.4 is 15.3 Å². The van der Waals surface area contributed by atoms with E-state index in [1.54, 1.807) is 24.3 Å². The first-order valence-electron chi connectivity index (χ1n) is 12.2. The van der Waals surface area contributed by atoms with Gasteiger partial charge in [0.1, 0.15) is 17.4 Å². The zero-order valence-electron chi connectivity index (χ0n) is 21.0. The Labute approximate surface area is 220 Å². The largest absolute Gasteiger partial charge is 0.489 e. The van der Waals surface area contributed by atoms with Crippen molar-refractivity contribution in [1.29, 1.82) is 0 Å². The highest BCUT2D eigenvalue weighted by Gasteiger charge is 2.23. The van der Waals surface area contributed by atoms with E-state index < -0.39 is 5.91 Å². The van der Waals surface area contributed by atoms with E-state index in [-0.39, 0.29) is 4.87 Å². The highest BCUT2D eigenvalue weighted by Crippen LogP contribution is 2.25. The highest BCUT2D eigenvalue weighted by atomic mass is 32.1. The Balaban J connectivity index is 0.000000222. The molecule has 1 saturated heterocycles. The van der Waals surface area contributed by atoms with Gasteiger partial charge in [-0.3, -0.25) is 14.6 Å². The molecule has 1 aliphatic rings. The normalized spacial score (nSPS) is 15.1. The Morgan fingerprint density at radius 3 is 2.51 bits per heavy atom. The second-order valence-corrected chi connectivity index (χ2v) is 9.94. The van der Waals surface area contributed by atoms with Gasteiger partial charge in [0.15, 0.2) is 0 Å². The van der Waals surface area contributed by atoms with Crippen LogP contribution in [0.2, 0.25) is 0 Å². The number of hydrogen-bond donors (Lipinski definition) is 2. The summed E-state index contributed by atoms with van der Waals surface area (Å²) in [5, 5.41) is 7.40. The lowest BCUT2D eigenvalue weighted by Gasteiger charge is -2.10. The minimum absolute atomic E-state index is 0.0421. The molecule has 0 saturated carbocycles. The summed E-state index contributed by atoms with van der Waals surface area (Å²) < 4.78 is 5.84. The van der Waals surface area contributed by atoms with E-state index in [9.17, 15) is 9.59 Å². The molecule has 4 aromatic rings. The van der Waals surface area contributed by atoms with Gasteiger partial charge in [-0.05, 0) is 68.4 Å². The van der Waals surface area contributed by atoms with Crippen molar-refractivity contribution in [1.82, 2.24) is 20.1 Å². The number of aromatic amines is 1. The van der Waals surface area contributed by atoms with Crippen molar-refractivity contribution in [3.8, 4) is 17.0 Å². The second kappa shape index (κ2) is 12.4. The number of carbonyl (C=O) groups excluding carboxylic acids is 1. The number of nitrogens with zero attached hydrogens (tertiary/aromatic N) is 3. The number of pyridine rings is 1. The molecule has 9 heteroatoms. The van der Waals surface area contributed by atoms with Gasteiger partial charge < -0.3 is 15.4 Å². The lowest BCUT2D eigenvalue weighted by atomic mass is 10.1. The van der Waals surface area contributed by atoms with Crippen LogP contribution in [-0.4, -0.2) is 46.1 Å². The molecule has 0 spiro atoms. The Bertz CT molecular complexity index is 1370. The topological polar surface area (TPSA) is 114 Å². The van der Waals surface area contributed by atoms with Gasteiger partial charge in [0.2, 0.25) is 5.91 Å². The van der Waals surface area contributed by atoms with Crippen molar-refractivity contribution >= 4 is 17.2 Å². The zero-order valence-corrected chi connectivity index (χ0v) is 21.8. The van der Waals surface area contributed by atoms with Crippen molar-refractivity contribution < 1.29 is 9.53 Å². The monoisotopic (exact) mass is 517 g/mol. The van der Waals surface area contributed by atoms with Gasteiger partial charge >= 0.3 is 4.87 Å². The third kappa shape index (κ3) is 7.34. The molecule has 0 radical (unpaired) electrons. The molecule has 0 bridgehead atoms. The molecule has 2 aromatic carbocycles. The summed E-state index contributed by atoms with van der Waals surface area (Å²) in [5.41, 5.74) is 9.84. The Morgan fingerprint density at radius 2 is 1.92 bits per heavy atom. The van der Waals surface area contributed by atoms with Gasteiger partial charge in [0.05, 0.1) is 5.69 Å². The van der Waals surface area contributed by atoms with Crippen LogP contribution in [0.25, 0.3) is 11.3 Å². The molecule has 3 N–H and O–H groups in total. The number of primary amides is 1. The number of likely N-dealkylation sites (N-methyl/N-ethyl adjacent to an activating group) is 1. The molecule has 0 unspecified atom stereocenters. The fraction of sp³-hybridized carbons (Fsp3) is 0.286. The Hall–Kier alpha value is -3.82. The summed E-state index contributed by atoms with van der Waals surface area (Å²) in [4.78, 5) is 28.8. The number of benzene rings is 2. The van der Waals surface area contributed by atoms with E-state index in [4.69, 9.17) is 15.5 Å². The maximum atomic E-state index is 11.1. The van der Waals surface area contributed by atoms with Crippen LogP contribution in [-0.2, 0) is 13.0 Å². The van der Waals surface area contributed by atoms with Crippen LogP contribution in [0, 0.1) is 0 Å². The van der Waals surface area contributed by atoms with Gasteiger partial charge in [-0.1, -0.05) is 48.6 Å². The third-order valence-electron chi connectivity index (χ3n) is 6.11. The average molecular weight is 518 g/mol. The lowest BCUT2D eigenvalue weighted by molar-refractivity contribution is 0.1000. The van der Waals surface area contributed by atoms with Crippen LogP contribution in [0.3, 0.4) is 0 Å². The van der Waals surface area contributed by atoms with Crippen molar-refractivity contribution in [2.45, 2.75) is 32.3 Å². The minimum Gasteiger partial charge on any atom is -0.489 e. The predicted octanol–water partition coefficient (Wildman–Crippen LogP) is 4.24. The van der Waals surface area contributed by atoms with E-state index in [2.05, 4.69) is 47.3 Å². The maximum Gasteiger partial charge on any atom is 0.322 e. The first-order chi connectivity index (χ1) is 17.9. The van der Waals surface area contributed by atoms with Crippen LogP contribution in [0.4, 0.5) is 0 Å². The smallest absolute Gasteiger partial charge is 0.322 e. The molecule has 1 fully saturated rings. The number of aryl methyl sites for hydroxylation is 1. The van der Waals surface area contributed by atoms with Crippen LogP contribution in [0.5, 0.6) is 5.75 Å². The summed E-state index contributed by atoms with van der Waals surface area (Å²) in [6, 6.07) is 21.0. The zero-order chi connectivity index (χ0) is 26.2. The van der Waals surface area contributed by atoms with Gasteiger partial charge in [-0.25, -0.2) is 5.10 Å². The fourth-order valence-corrected chi connectivity index (χ4v) is 4.84. The molecule has 1 aliphatic heterocycles. The predicted molar refractivity (Wildman–Crippen MR) is 146 cm³/mol. The van der Waals surface area contributed by atoms with Gasteiger partial charge in [-0.15, -0.1) is 0 Å². The highest BCUT2D eigenvalue weighted by molar-refractivity contribution is 7.08. The second-order valence-electron chi connectivity index (χ2n) is 8.95. The number of hydrogen-bond acceptors (Lipinski definition) is 7. The summed E-state index contributed by atoms with van der Waals surface area (Å²) in [6.07, 6.45) is 1.98. The number of likely N-dealkylation sites (tertiary alicyclic amines) is 1. The lowest BCUT2D eigenvalue weighted by Crippen LogP contribution is -2.13. The summed E-state index contributed by atoms with van der Waals surface area (Å²) in [6.45, 7) is 4.66. The molecule has 1 atom stereocenters. The molecule has 0 aliphatic carbocycles. The van der Waals surface area contributed by atoms with E-state index >= 15 is 0 Å². The fourth-order valence-electron chi connectivity index (χ4n) is 4.11. The third-order valence-corrected chi connectivity index (χ3v) is 7.02. The van der Waals surface area contributed by atoms with E-state index in [0.717, 1.165) is 53.5 Å². The number of H-pyrrole nitrogens is 1.